The first kappa shape index (κ1) is 17.6. The van der Waals surface area contributed by atoms with Crippen LogP contribution < -0.4 is 15.4 Å². The van der Waals surface area contributed by atoms with Crippen LogP contribution in [0.1, 0.15) is 17.3 Å². The van der Waals surface area contributed by atoms with Crippen molar-refractivity contribution in [2.45, 2.75) is 6.92 Å². The van der Waals surface area contributed by atoms with E-state index in [1.165, 1.54) is 11.3 Å². The van der Waals surface area contributed by atoms with Gasteiger partial charge < -0.3 is 10.1 Å². The van der Waals surface area contributed by atoms with Crippen LogP contribution in [0.2, 0.25) is 5.02 Å². The monoisotopic (exact) mass is 391 g/mol. The molecule has 1 aromatic heterocycles. The minimum atomic E-state index is -0.301. The molecule has 0 atom stereocenters. The first-order valence-electron chi connectivity index (χ1n) is 7.46. The van der Waals surface area contributed by atoms with E-state index in [1.807, 2.05) is 19.1 Å². The number of hydrogen-bond donors (Lipinski definition) is 2. The van der Waals surface area contributed by atoms with Crippen LogP contribution in [0, 0.1) is 0 Å². The van der Waals surface area contributed by atoms with Gasteiger partial charge in [0, 0.05) is 10.6 Å². The average molecular weight is 392 g/mol. The lowest BCUT2D eigenvalue weighted by Crippen LogP contribution is -2.34. The van der Waals surface area contributed by atoms with E-state index < -0.39 is 0 Å². The van der Waals surface area contributed by atoms with Crippen LogP contribution in [0.25, 0.3) is 10.2 Å². The summed E-state index contributed by atoms with van der Waals surface area (Å²) in [5, 5.41) is 6.98. The van der Waals surface area contributed by atoms with E-state index in [4.69, 9.17) is 28.6 Å². The zero-order valence-electron chi connectivity index (χ0n) is 13.2. The van der Waals surface area contributed by atoms with Gasteiger partial charge in [-0.25, -0.2) is 4.98 Å². The van der Waals surface area contributed by atoms with Gasteiger partial charge in [0.05, 0.1) is 16.8 Å². The third-order valence-electron chi connectivity index (χ3n) is 3.23. The molecule has 0 aliphatic heterocycles. The summed E-state index contributed by atoms with van der Waals surface area (Å²) in [5.41, 5.74) is 1.31. The summed E-state index contributed by atoms with van der Waals surface area (Å²) >= 11 is 12.6. The average Bonchev–Trinajstić information content (AvgIpc) is 2.96. The second kappa shape index (κ2) is 7.77. The van der Waals surface area contributed by atoms with Crippen molar-refractivity contribution in [2.24, 2.45) is 0 Å². The van der Waals surface area contributed by atoms with Crippen LogP contribution in [0.15, 0.2) is 42.5 Å². The van der Waals surface area contributed by atoms with Gasteiger partial charge in [0.25, 0.3) is 5.91 Å². The predicted molar refractivity (Wildman–Crippen MR) is 106 cm³/mol. The summed E-state index contributed by atoms with van der Waals surface area (Å²) in [6.07, 6.45) is 0. The number of ether oxygens (including phenoxy) is 1. The Kier molecular flexibility index (Phi) is 5.47. The fraction of sp³-hybridized carbons (Fsp3) is 0.118. The lowest BCUT2D eigenvalue weighted by atomic mass is 10.2. The highest BCUT2D eigenvalue weighted by Crippen LogP contribution is 2.28. The number of carbonyl (C=O) groups excluding carboxylic acids is 1. The molecular weight excluding hydrogens is 378 g/mol. The number of thiazole rings is 1. The number of halogens is 1. The van der Waals surface area contributed by atoms with Crippen molar-refractivity contribution in [3.8, 4) is 5.75 Å². The van der Waals surface area contributed by atoms with Gasteiger partial charge in [-0.05, 0) is 61.6 Å². The SMILES string of the molecule is CCOc1ccc(C(=O)NC(=S)Nc2nc3ccc(Cl)cc3s2)cc1. The van der Waals surface area contributed by atoms with Crippen LogP contribution in [0.3, 0.4) is 0 Å². The smallest absolute Gasteiger partial charge is 0.257 e. The number of nitrogens with one attached hydrogen (secondary N) is 2. The maximum atomic E-state index is 12.2. The quantitative estimate of drug-likeness (QED) is 0.642. The standard InChI is InChI=1S/C17H14ClN3O2S2/c1-2-23-12-6-3-10(4-7-12)15(22)20-16(24)21-17-19-13-8-5-11(18)9-14(13)25-17/h3-9H,2H2,1H3,(H2,19,20,21,22,24). The fourth-order valence-corrected chi connectivity index (χ4v) is 3.53. The van der Waals surface area contributed by atoms with E-state index in [0.29, 0.717) is 28.1 Å². The number of benzene rings is 2. The van der Waals surface area contributed by atoms with Gasteiger partial charge in [-0.3, -0.25) is 10.1 Å². The number of fused-ring (bicyclic) bond motifs is 1. The number of thiocarbonyl (C=S) groups is 1. The number of amides is 1. The number of hydrogen-bond acceptors (Lipinski definition) is 5. The molecule has 128 valence electrons. The summed E-state index contributed by atoms with van der Waals surface area (Å²) in [4.78, 5) is 16.6. The van der Waals surface area contributed by atoms with Crippen LogP contribution in [-0.2, 0) is 0 Å². The molecule has 0 bridgehead atoms. The van der Waals surface area contributed by atoms with Crippen molar-refractivity contribution in [3.05, 3.63) is 53.1 Å². The molecule has 0 radical (unpaired) electrons. The molecule has 0 saturated carbocycles. The van der Waals surface area contributed by atoms with Crippen LogP contribution in [-0.4, -0.2) is 22.6 Å². The summed E-state index contributed by atoms with van der Waals surface area (Å²) in [6, 6.07) is 12.3. The maximum Gasteiger partial charge on any atom is 0.257 e. The largest absolute Gasteiger partial charge is 0.494 e. The lowest BCUT2D eigenvalue weighted by Gasteiger charge is -2.08. The molecule has 0 fully saturated rings. The highest BCUT2D eigenvalue weighted by Gasteiger charge is 2.10. The van der Waals surface area contributed by atoms with Gasteiger partial charge in [-0.2, -0.15) is 0 Å². The van der Waals surface area contributed by atoms with E-state index >= 15 is 0 Å². The number of nitrogens with zero attached hydrogens (tertiary/aromatic N) is 1. The first-order chi connectivity index (χ1) is 12.0. The number of rotatable bonds is 4. The zero-order chi connectivity index (χ0) is 17.8. The predicted octanol–water partition coefficient (Wildman–Crippen LogP) is 4.48. The molecule has 1 amide bonds. The third kappa shape index (κ3) is 4.45. The minimum absolute atomic E-state index is 0.184. The Hall–Kier alpha value is -2.22. The molecule has 5 nitrogen and oxygen atoms in total. The van der Waals surface area contributed by atoms with Gasteiger partial charge in [-0.15, -0.1) is 0 Å². The fourth-order valence-electron chi connectivity index (χ4n) is 2.12. The van der Waals surface area contributed by atoms with E-state index in [9.17, 15) is 4.79 Å². The minimum Gasteiger partial charge on any atom is -0.494 e. The van der Waals surface area contributed by atoms with Crippen molar-refractivity contribution < 1.29 is 9.53 Å². The van der Waals surface area contributed by atoms with E-state index in [2.05, 4.69) is 15.6 Å². The number of anilines is 1. The Morgan fingerprint density at radius 1 is 1.28 bits per heavy atom. The Labute approximate surface area is 159 Å². The highest BCUT2D eigenvalue weighted by atomic mass is 35.5. The van der Waals surface area contributed by atoms with Crippen molar-refractivity contribution >= 4 is 61.5 Å². The second-order valence-corrected chi connectivity index (χ2v) is 6.87. The molecule has 2 N–H and O–H groups in total. The van der Waals surface area contributed by atoms with E-state index in [0.717, 1.165) is 10.2 Å². The molecule has 2 aromatic carbocycles. The van der Waals surface area contributed by atoms with Crippen molar-refractivity contribution in [2.75, 3.05) is 11.9 Å². The molecule has 3 aromatic rings. The van der Waals surface area contributed by atoms with Gasteiger partial charge in [0.1, 0.15) is 5.75 Å². The zero-order valence-corrected chi connectivity index (χ0v) is 15.6. The van der Waals surface area contributed by atoms with Crippen molar-refractivity contribution in [3.63, 3.8) is 0 Å². The van der Waals surface area contributed by atoms with Gasteiger partial charge in [0.15, 0.2) is 10.2 Å². The highest BCUT2D eigenvalue weighted by molar-refractivity contribution is 7.80. The molecule has 3 rings (SSSR count). The first-order valence-corrected chi connectivity index (χ1v) is 9.06. The molecule has 0 unspecified atom stereocenters. The topological polar surface area (TPSA) is 63.2 Å². The van der Waals surface area contributed by atoms with Gasteiger partial charge in [-0.1, -0.05) is 22.9 Å². The lowest BCUT2D eigenvalue weighted by molar-refractivity contribution is 0.0977. The van der Waals surface area contributed by atoms with E-state index in [1.54, 1.807) is 30.3 Å². The summed E-state index contributed by atoms with van der Waals surface area (Å²) in [6.45, 7) is 2.48. The van der Waals surface area contributed by atoms with E-state index in [-0.39, 0.29) is 11.0 Å². The molecular formula is C17H14ClN3O2S2. The Morgan fingerprint density at radius 2 is 2.04 bits per heavy atom. The number of carbonyl (C=O) groups is 1. The Bertz CT molecular complexity index is 925. The summed E-state index contributed by atoms with van der Waals surface area (Å²) in [5.74, 6) is 0.414. The van der Waals surface area contributed by atoms with Gasteiger partial charge in [0.2, 0.25) is 0 Å². The normalized spacial score (nSPS) is 10.5. The molecule has 1 heterocycles. The summed E-state index contributed by atoms with van der Waals surface area (Å²) < 4.78 is 6.29. The van der Waals surface area contributed by atoms with Crippen molar-refractivity contribution in [1.29, 1.82) is 0 Å². The molecule has 25 heavy (non-hydrogen) atoms. The summed E-state index contributed by atoms with van der Waals surface area (Å²) in [7, 11) is 0. The molecule has 0 spiro atoms. The molecule has 8 heteroatoms. The Morgan fingerprint density at radius 3 is 2.76 bits per heavy atom. The molecule has 0 aliphatic carbocycles. The molecule has 0 aliphatic rings. The Balaban J connectivity index is 1.63. The van der Waals surface area contributed by atoms with Crippen LogP contribution >= 0.6 is 35.2 Å². The van der Waals surface area contributed by atoms with Gasteiger partial charge >= 0.3 is 0 Å². The van der Waals surface area contributed by atoms with Crippen molar-refractivity contribution in [1.82, 2.24) is 10.3 Å². The maximum absolute atomic E-state index is 12.2. The molecule has 0 saturated heterocycles. The number of aromatic nitrogens is 1. The third-order valence-corrected chi connectivity index (χ3v) is 4.60. The second-order valence-electron chi connectivity index (χ2n) is 5.00. The van der Waals surface area contributed by atoms with Crippen LogP contribution in [0.5, 0.6) is 5.75 Å². The van der Waals surface area contributed by atoms with Crippen LogP contribution in [0.4, 0.5) is 5.13 Å².